The Balaban J connectivity index is 1.83. The number of para-hydroxylation sites is 1. The molecule has 0 spiro atoms. The van der Waals surface area contributed by atoms with Crippen LogP contribution < -0.4 is 4.74 Å². The lowest BCUT2D eigenvalue weighted by Gasteiger charge is -2.31. The molecule has 3 rings (SSSR count). The minimum Gasteiger partial charge on any atom is -0.438 e. The number of nitrogens with zero attached hydrogens (tertiary/aromatic N) is 2. The lowest BCUT2D eigenvalue weighted by molar-refractivity contribution is -0.0125. The average molecular weight is 298 g/mol. The van der Waals surface area contributed by atoms with Crippen LogP contribution in [-0.4, -0.2) is 41.6 Å². The molecule has 2 aromatic rings. The van der Waals surface area contributed by atoms with Gasteiger partial charge in [-0.15, -0.1) is 0 Å². The van der Waals surface area contributed by atoms with Crippen molar-refractivity contribution in [2.24, 2.45) is 0 Å². The summed E-state index contributed by atoms with van der Waals surface area (Å²) in [7, 11) is 0. The molecule has 1 aromatic carbocycles. The molecule has 1 unspecified atom stereocenters. The van der Waals surface area contributed by atoms with Crippen molar-refractivity contribution >= 4 is 5.91 Å². The largest absolute Gasteiger partial charge is 0.438 e. The van der Waals surface area contributed by atoms with Crippen LogP contribution in [0.15, 0.2) is 48.7 Å². The Kier molecular flexibility index (Phi) is 4.34. The van der Waals surface area contributed by atoms with Crippen molar-refractivity contribution in [1.82, 2.24) is 9.88 Å². The van der Waals surface area contributed by atoms with Gasteiger partial charge < -0.3 is 14.4 Å². The van der Waals surface area contributed by atoms with Crippen LogP contribution in [-0.2, 0) is 4.74 Å². The molecule has 0 saturated carbocycles. The predicted octanol–water partition coefficient (Wildman–Crippen LogP) is 2.73. The molecule has 5 nitrogen and oxygen atoms in total. The van der Waals surface area contributed by atoms with Crippen LogP contribution >= 0.6 is 0 Å². The van der Waals surface area contributed by atoms with E-state index >= 15 is 0 Å². The highest BCUT2D eigenvalue weighted by molar-refractivity contribution is 5.96. The number of ether oxygens (including phenoxy) is 2. The highest BCUT2D eigenvalue weighted by Crippen LogP contribution is 2.24. The number of carbonyl (C=O) groups is 1. The van der Waals surface area contributed by atoms with Gasteiger partial charge >= 0.3 is 0 Å². The fourth-order valence-electron chi connectivity index (χ4n) is 2.41. The summed E-state index contributed by atoms with van der Waals surface area (Å²) in [5.41, 5.74) is 0.473. The van der Waals surface area contributed by atoms with Crippen molar-refractivity contribution in [2.75, 3.05) is 19.7 Å². The summed E-state index contributed by atoms with van der Waals surface area (Å²) in [6, 6.07) is 12.8. The highest BCUT2D eigenvalue weighted by Gasteiger charge is 2.25. The molecule has 1 aromatic heterocycles. The SMILES string of the molecule is CC1CN(C(=O)c2cccnc2Oc2ccccc2)CCO1. The lowest BCUT2D eigenvalue weighted by Crippen LogP contribution is -2.44. The van der Waals surface area contributed by atoms with Gasteiger partial charge in [0.1, 0.15) is 11.3 Å². The lowest BCUT2D eigenvalue weighted by atomic mass is 10.2. The van der Waals surface area contributed by atoms with Gasteiger partial charge in [0.2, 0.25) is 5.88 Å². The molecule has 0 radical (unpaired) electrons. The Morgan fingerprint density at radius 1 is 1.27 bits per heavy atom. The Hall–Kier alpha value is -2.40. The molecule has 0 aliphatic carbocycles. The number of pyridine rings is 1. The van der Waals surface area contributed by atoms with E-state index in [2.05, 4.69) is 4.98 Å². The topological polar surface area (TPSA) is 51.7 Å². The maximum atomic E-state index is 12.7. The van der Waals surface area contributed by atoms with Crippen molar-refractivity contribution in [3.8, 4) is 11.6 Å². The molecule has 1 saturated heterocycles. The maximum absolute atomic E-state index is 12.7. The van der Waals surface area contributed by atoms with Gasteiger partial charge in [-0.05, 0) is 31.2 Å². The smallest absolute Gasteiger partial charge is 0.259 e. The van der Waals surface area contributed by atoms with Crippen LogP contribution in [0.5, 0.6) is 11.6 Å². The second kappa shape index (κ2) is 6.58. The Labute approximate surface area is 129 Å². The Morgan fingerprint density at radius 3 is 2.86 bits per heavy atom. The zero-order chi connectivity index (χ0) is 15.4. The van der Waals surface area contributed by atoms with Gasteiger partial charge in [0.05, 0.1) is 12.7 Å². The van der Waals surface area contributed by atoms with Gasteiger partial charge in [-0.2, -0.15) is 0 Å². The normalized spacial score (nSPS) is 18.0. The monoisotopic (exact) mass is 298 g/mol. The second-order valence-electron chi connectivity index (χ2n) is 5.20. The fourth-order valence-corrected chi connectivity index (χ4v) is 2.41. The molecule has 0 bridgehead atoms. The zero-order valence-corrected chi connectivity index (χ0v) is 12.4. The summed E-state index contributed by atoms with van der Waals surface area (Å²) in [6.45, 7) is 3.69. The standard InChI is InChI=1S/C17H18N2O3/c1-13-12-19(10-11-21-13)17(20)15-8-5-9-18-16(15)22-14-6-3-2-4-7-14/h2-9,13H,10-12H2,1H3. The number of hydrogen-bond acceptors (Lipinski definition) is 4. The van der Waals surface area contributed by atoms with E-state index in [1.54, 1.807) is 23.2 Å². The first-order valence-electron chi connectivity index (χ1n) is 7.33. The third-order valence-corrected chi connectivity index (χ3v) is 3.49. The van der Waals surface area contributed by atoms with E-state index in [0.717, 1.165) is 0 Å². The van der Waals surface area contributed by atoms with Gasteiger partial charge in [-0.3, -0.25) is 4.79 Å². The number of aromatic nitrogens is 1. The summed E-state index contributed by atoms with van der Waals surface area (Å²) in [6.07, 6.45) is 1.67. The molecule has 1 amide bonds. The zero-order valence-electron chi connectivity index (χ0n) is 12.4. The Morgan fingerprint density at radius 2 is 2.09 bits per heavy atom. The van der Waals surface area contributed by atoms with Crippen LogP contribution in [0.1, 0.15) is 17.3 Å². The van der Waals surface area contributed by atoms with Crippen molar-refractivity contribution in [3.63, 3.8) is 0 Å². The van der Waals surface area contributed by atoms with Gasteiger partial charge in [-0.1, -0.05) is 18.2 Å². The number of hydrogen-bond donors (Lipinski definition) is 0. The summed E-state index contributed by atoms with van der Waals surface area (Å²) in [5.74, 6) is 0.914. The number of morpholine rings is 1. The first-order valence-corrected chi connectivity index (χ1v) is 7.33. The van der Waals surface area contributed by atoms with E-state index in [4.69, 9.17) is 9.47 Å². The average Bonchev–Trinajstić information content (AvgIpc) is 2.56. The van der Waals surface area contributed by atoms with E-state index < -0.39 is 0 Å². The van der Waals surface area contributed by atoms with Gasteiger partial charge in [-0.25, -0.2) is 4.98 Å². The Bertz CT molecular complexity index is 645. The van der Waals surface area contributed by atoms with Crippen LogP contribution in [0.2, 0.25) is 0 Å². The maximum Gasteiger partial charge on any atom is 0.259 e. The van der Waals surface area contributed by atoms with Crippen LogP contribution in [0.25, 0.3) is 0 Å². The minimum atomic E-state index is -0.0748. The van der Waals surface area contributed by atoms with E-state index in [-0.39, 0.29) is 12.0 Å². The summed E-state index contributed by atoms with van der Waals surface area (Å²) < 4.78 is 11.2. The van der Waals surface area contributed by atoms with Crippen molar-refractivity contribution in [1.29, 1.82) is 0 Å². The molecule has 1 fully saturated rings. The van der Waals surface area contributed by atoms with Crippen molar-refractivity contribution in [3.05, 3.63) is 54.2 Å². The molecule has 1 aliphatic rings. The summed E-state index contributed by atoms with van der Waals surface area (Å²) >= 11 is 0. The third-order valence-electron chi connectivity index (χ3n) is 3.49. The number of rotatable bonds is 3. The van der Waals surface area contributed by atoms with Crippen LogP contribution in [0, 0.1) is 0 Å². The molecular weight excluding hydrogens is 280 g/mol. The van der Waals surface area contributed by atoms with E-state index in [0.29, 0.717) is 36.9 Å². The predicted molar refractivity (Wildman–Crippen MR) is 82.1 cm³/mol. The van der Waals surface area contributed by atoms with Gasteiger partial charge in [0, 0.05) is 19.3 Å². The van der Waals surface area contributed by atoms with Gasteiger partial charge in [0.15, 0.2) is 0 Å². The molecule has 0 N–H and O–H groups in total. The molecule has 2 heterocycles. The second-order valence-corrected chi connectivity index (χ2v) is 5.20. The molecule has 5 heteroatoms. The summed E-state index contributed by atoms with van der Waals surface area (Å²) in [5, 5.41) is 0. The fraction of sp³-hybridized carbons (Fsp3) is 0.294. The number of carbonyl (C=O) groups excluding carboxylic acids is 1. The van der Waals surface area contributed by atoms with Crippen molar-refractivity contribution < 1.29 is 14.3 Å². The van der Waals surface area contributed by atoms with E-state index in [9.17, 15) is 4.79 Å². The quantitative estimate of drug-likeness (QED) is 0.874. The first-order chi connectivity index (χ1) is 10.7. The molecule has 114 valence electrons. The van der Waals surface area contributed by atoms with Crippen molar-refractivity contribution in [2.45, 2.75) is 13.0 Å². The molecular formula is C17H18N2O3. The van der Waals surface area contributed by atoms with E-state index in [1.165, 1.54) is 0 Å². The van der Waals surface area contributed by atoms with E-state index in [1.807, 2.05) is 37.3 Å². The number of amides is 1. The molecule has 22 heavy (non-hydrogen) atoms. The van der Waals surface area contributed by atoms with Crippen LogP contribution in [0.4, 0.5) is 0 Å². The first kappa shape index (κ1) is 14.5. The molecule has 1 aliphatic heterocycles. The number of benzene rings is 1. The summed E-state index contributed by atoms with van der Waals surface area (Å²) in [4.78, 5) is 18.7. The van der Waals surface area contributed by atoms with Crippen LogP contribution in [0.3, 0.4) is 0 Å². The van der Waals surface area contributed by atoms with Gasteiger partial charge in [0.25, 0.3) is 5.91 Å². The molecule has 1 atom stereocenters. The minimum absolute atomic E-state index is 0.0489. The highest BCUT2D eigenvalue weighted by atomic mass is 16.5. The third kappa shape index (κ3) is 3.26.